The van der Waals surface area contributed by atoms with Gasteiger partial charge in [-0.25, -0.2) is 0 Å². The summed E-state index contributed by atoms with van der Waals surface area (Å²) >= 11 is 0. The van der Waals surface area contributed by atoms with Crippen LogP contribution in [-0.2, 0) is 9.47 Å². The summed E-state index contributed by atoms with van der Waals surface area (Å²) in [5.41, 5.74) is 0. The van der Waals surface area contributed by atoms with Crippen LogP contribution in [0.2, 0.25) is 0 Å². The molecule has 1 rings (SSSR count). The summed E-state index contributed by atoms with van der Waals surface area (Å²) in [4.78, 5) is 0. The molecule has 1 aliphatic heterocycles. The zero-order chi connectivity index (χ0) is 10.9. The number of ether oxygens (including phenoxy) is 2. The summed E-state index contributed by atoms with van der Waals surface area (Å²) in [5, 5.41) is 9.81. The Morgan fingerprint density at radius 3 is 2.87 bits per heavy atom. The lowest BCUT2D eigenvalue weighted by Gasteiger charge is -2.27. The molecule has 1 saturated heterocycles. The molecule has 2 atom stereocenters. The first-order valence-corrected chi connectivity index (χ1v) is 5.83. The molecule has 88 valence electrons. The van der Waals surface area contributed by atoms with Crippen molar-refractivity contribution in [3.8, 4) is 0 Å². The largest absolute Gasteiger partial charge is 0.390 e. The van der Waals surface area contributed by atoms with E-state index >= 15 is 0 Å². The van der Waals surface area contributed by atoms with E-state index in [0.717, 1.165) is 32.1 Å². The molecule has 0 aromatic heterocycles. The summed E-state index contributed by atoms with van der Waals surface area (Å²) < 4.78 is 10.7. The molecule has 3 nitrogen and oxygen atoms in total. The van der Waals surface area contributed by atoms with Gasteiger partial charge in [0.1, 0.15) is 6.10 Å². The van der Waals surface area contributed by atoms with Gasteiger partial charge in [0.25, 0.3) is 0 Å². The van der Waals surface area contributed by atoms with Gasteiger partial charge in [0.15, 0.2) is 0 Å². The molecule has 3 heteroatoms. The maximum absolute atomic E-state index is 9.81. The standard InChI is InChI=1S/C12H22O3/c1-2-3-4-5-6-7-11(13)12-10-14-8-9-15-12/h2,11-13H,1,3-10H2. The topological polar surface area (TPSA) is 38.7 Å². The Bertz CT molecular complexity index is 164. The zero-order valence-corrected chi connectivity index (χ0v) is 9.36. The average molecular weight is 214 g/mol. The lowest BCUT2D eigenvalue weighted by atomic mass is 10.1. The van der Waals surface area contributed by atoms with Crippen molar-refractivity contribution in [2.24, 2.45) is 0 Å². The minimum absolute atomic E-state index is 0.113. The van der Waals surface area contributed by atoms with Crippen LogP contribution in [0.3, 0.4) is 0 Å². The molecule has 0 saturated carbocycles. The Balaban J connectivity index is 2.01. The lowest BCUT2D eigenvalue weighted by molar-refractivity contribution is -0.133. The van der Waals surface area contributed by atoms with Crippen LogP contribution in [0, 0.1) is 0 Å². The monoisotopic (exact) mass is 214 g/mol. The fourth-order valence-electron chi connectivity index (χ4n) is 1.73. The summed E-state index contributed by atoms with van der Waals surface area (Å²) in [5.74, 6) is 0. The molecule has 1 fully saturated rings. The summed E-state index contributed by atoms with van der Waals surface area (Å²) in [7, 11) is 0. The van der Waals surface area contributed by atoms with E-state index in [4.69, 9.17) is 9.47 Å². The van der Waals surface area contributed by atoms with Gasteiger partial charge < -0.3 is 14.6 Å². The second-order valence-corrected chi connectivity index (χ2v) is 3.98. The summed E-state index contributed by atoms with van der Waals surface area (Å²) in [6.07, 6.45) is 6.70. The van der Waals surface area contributed by atoms with Gasteiger partial charge in [-0.3, -0.25) is 0 Å². The molecule has 0 amide bonds. The lowest BCUT2D eigenvalue weighted by Crippen LogP contribution is -2.38. The Morgan fingerprint density at radius 1 is 1.33 bits per heavy atom. The third-order valence-corrected chi connectivity index (χ3v) is 2.68. The first-order valence-electron chi connectivity index (χ1n) is 5.83. The van der Waals surface area contributed by atoms with Gasteiger partial charge >= 0.3 is 0 Å². The molecule has 1 aliphatic rings. The Morgan fingerprint density at radius 2 is 2.20 bits per heavy atom. The number of unbranched alkanes of at least 4 members (excludes halogenated alkanes) is 3. The zero-order valence-electron chi connectivity index (χ0n) is 9.36. The van der Waals surface area contributed by atoms with Crippen molar-refractivity contribution in [1.82, 2.24) is 0 Å². The molecule has 0 aliphatic carbocycles. The second kappa shape index (κ2) is 7.85. The quantitative estimate of drug-likeness (QED) is 0.519. The fraction of sp³-hybridized carbons (Fsp3) is 0.833. The summed E-state index contributed by atoms with van der Waals surface area (Å²) in [6, 6.07) is 0. The normalized spacial score (nSPS) is 23.7. The molecule has 15 heavy (non-hydrogen) atoms. The van der Waals surface area contributed by atoms with Crippen LogP contribution in [0.4, 0.5) is 0 Å². The highest BCUT2D eigenvalue weighted by Crippen LogP contribution is 2.13. The highest BCUT2D eigenvalue weighted by molar-refractivity contribution is 4.71. The molecule has 2 unspecified atom stereocenters. The second-order valence-electron chi connectivity index (χ2n) is 3.98. The van der Waals surface area contributed by atoms with Crippen LogP contribution in [0.15, 0.2) is 12.7 Å². The number of aliphatic hydroxyl groups excluding tert-OH is 1. The smallest absolute Gasteiger partial charge is 0.107 e. The minimum atomic E-state index is -0.367. The number of rotatable bonds is 7. The van der Waals surface area contributed by atoms with E-state index < -0.39 is 0 Å². The van der Waals surface area contributed by atoms with E-state index in [9.17, 15) is 5.11 Å². The van der Waals surface area contributed by atoms with E-state index in [0.29, 0.717) is 19.8 Å². The van der Waals surface area contributed by atoms with Gasteiger partial charge in [-0.1, -0.05) is 18.9 Å². The molecule has 0 aromatic carbocycles. The Kier molecular flexibility index (Phi) is 6.64. The molecule has 0 radical (unpaired) electrons. The first kappa shape index (κ1) is 12.7. The van der Waals surface area contributed by atoms with E-state index in [1.165, 1.54) is 0 Å². The first-order chi connectivity index (χ1) is 7.34. The van der Waals surface area contributed by atoms with Crippen LogP contribution in [-0.4, -0.2) is 37.1 Å². The molecular weight excluding hydrogens is 192 g/mol. The fourth-order valence-corrected chi connectivity index (χ4v) is 1.73. The molecule has 0 spiro atoms. The van der Waals surface area contributed by atoms with E-state index in [1.54, 1.807) is 0 Å². The minimum Gasteiger partial charge on any atom is -0.390 e. The van der Waals surface area contributed by atoms with Crippen molar-refractivity contribution in [3.63, 3.8) is 0 Å². The van der Waals surface area contributed by atoms with Gasteiger partial charge in [-0.15, -0.1) is 6.58 Å². The maximum Gasteiger partial charge on any atom is 0.107 e. The molecule has 1 N–H and O–H groups in total. The predicted octanol–water partition coefficient (Wildman–Crippen LogP) is 1.90. The third kappa shape index (κ3) is 5.30. The van der Waals surface area contributed by atoms with E-state index in [-0.39, 0.29) is 12.2 Å². The number of hydrogen-bond donors (Lipinski definition) is 1. The van der Waals surface area contributed by atoms with Crippen molar-refractivity contribution in [2.45, 2.75) is 44.3 Å². The van der Waals surface area contributed by atoms with Crippen LogP contribution < -0.4 is 0 Å². The van der Waals surface area contributed by atoms with Crippen molar-refractivity contribution < 1.29 is 14.6 Å². The van der Waals surface area contributed by atoms with E-state index in [1.807, 2.05) is 6.08 Å². The SMILES string of the molecule is C=CCCCCCC(O)C1COCCO1. The molecule has 0 aromatic rings. The van der Waals surface area contributed by atoms with Gasteiger partial charge in [0.05, 0.1) is 25.9 Å². The van der Waals surface area contributed by atoms with Gasteiger partial charge in [0, 0.05) is 0 Å². The predicted molar refractivity (Wildman–Crippen MR) is 59.8 cm³/mol. The van der Waals surface area contributed by atoms with Crippen molar-refractivity contribution in [1.29, 1.82) is 0 Å². The highest BCUT2D eigenvalue weighted by Gasteiger charge is 2.22. The highest BCUT2D eigenvalue weighted by atomic mass is 16.6. The summed E-state index contributed by atoms with van der Waals surface area (Å²) in [6.45, 7) is 5.48. The third-order valence-electron chi connectivity index (χ3n) is 2.68. The van der Waals surface area contributed by atoms with Crippen LogP contribution in [0.1, 0.15) is 32.1 Å². The van der Waals surface area contributed by atoms with Crippen molar-refractivity contribution >= 4 is 0 Å². The number of aliphatic hydroxyl groups is 1. The molecule has 1 heterocycles. The van der Waals surface area contributed by atoms with Gasteiger partial charge in [-0.05, 0) is 19.3 Å². The molecule has 0 bridgehead atoms. The van der Waals surface area contributed by atoms with Crippen LogP contribution >= 0.6 is 0 Å². The Hall–Kier alpha value is -0.380. The average Bonchev–Trinajstić information content (AvgIpc) is 2.30. The van der Waals surface area contributed by atoms with Gasteiger partial charge in [0.2, 0.25) is 0 Å². The number of allylic oxidation sites excluding steroid dienone is 1. The van der Waals surface area contributed by atoms with Gasteiger partial charge in [-0.2, -0.15) is 0 Å². The van der Waals surface area contributed by atoms with E-state index in [2.05, 4.69) is 6.58 Å². The van der Waals surface area contributed by atoms with Crippen LogP contribution in [0.25, 0.3) is 0 Å². The van der Waals surface area contributed by atoms with Crippen molar-refractivity contribution in [2.75, 3.05) is 19.8 Å². The maximum atomic E-state index is 9.81. The molecular formula is C12H22O3. The van der Waals surface area contributed by atoms with Crippen LogP contribution in [0.5, 0.6) is 0 Å². The van der Waals surface area contributed by atoms with Crippen molar-refractivity contribution in [3.05, 3.63) is 12.7 Å². The number of hydrogen-bond acceptors (Lipinski definition) is 3. The Labute approximate surface area is 92.1 Å².